The standard InChI is InChI=1S/C5H5.4CH3.2ClH.Zr/c1-2-4-5-3-1;;;;;;;/h1-3H,4H2;4*1H3;2*1H;/q5*-1;;;. The molecule has 0 aliphatic heterocycles. The van der Waals surface area contributed by atoms with E-state index in [0.717, 1.165) is 6.42 Å². The summed E-state index contributed by atoms with van der Waals surface area (Å²) in [5, 5.41) is 0. The van der Waals surface area contributed by atoms with E-state index in [9.17, 15) is 0 Å². The summed E-state index contributed by atoms with van der Waals surface area (Å²) in [6.07, 6.45) is 10.0. The predicted octanol–water partition coefficient (Wildman–Crippen LogP) is 3.95. The van der Waals surface area contributed by atoms with Crippen LogP contribution in [0.25, 0.3) is 0 Å². The Labute approximate surface area is 111 Å². The van der Waals surface area contributed by atoms with Crippen molar-refractivity contribution in [3.8, 4) is 0 Å². The van der Waals surface area contributed by atoms with Crippen molar-refractivity contribution in [2.24, 2.45) is 0 Å². The minimum atomic E-state index is 0. The number of allylic oxidation sites excluding steroid dienone is 4. The van der Waals surface area contributed by atoms with Crippen LogP contribution in [-0.2, 0) is 26.2 Å². The summed E-state index contributed by atoms with van der Waals surface area (Å²) in [4.78, 5) is 0. The fourth-order valence-corrected chi connectivity index (χ4v) is 0.340. The molecule has 1 aliphatic rings. The van der Waals surface area contributed by atoms with E-state index in [2.05, 4.69) is 12.2 Å². The molecule has 0 saturated carbocycles. The molecule has 0 unspecified atom stereocenters. The van der Waals surface area contributed by atoms with Crippen molar-refractivity contribution in [1.29, 1.82) is 0 Å². The van der Waals surface area contributed by atoms with Gasteiger partial charge in [-0.2, -0.15) is 6.08 Å². The average Bonchev–Trinajstić information content (AvgIpc) is 1.76. The van der Waals surface area contributed by atoms with Gasteiger partial charge in [-0.3, -0.25) is 6.08 Å². The Morgan fingerprint density at radius 3 is 1.42 bits per heavy atom. The van der Waals surface area contributed by atoms with Crippen molar-refractivity contribution in [2.45, 2.75) is 6.42 Å². The number of hydrogen-bond donors (Lipinski definition) is 0. The van der Waals surface area contributed by atoms with Crippen molar-refractivity contribution < 1.29 is 26.2 Å². The van der Waals surface area contributed by atoms with Gasteiger partial charge in [0, 0.05) is 26.2 Å². The van der Waals surface area contributed by atoms with Gasteiger partial charge in [0.1, 0.15) is 0 Å². The number of rotatable bonds is 0. The summed E-state index contributed by atoms with van der Waals surface area (Å²) < 4.78 is 0. The van der Waals surface area contributed by atoms with E-state index >= 15 is 0 Å². The van der Waals surface area contributed by atoms with Crippen molar-refractivity contribution in [1.82, 2.24) is 0 Å². The van der Waals surface area contributed by atoms with Crippen LogP contribution in [0.4, 0.5) is 0 Å². The fraction of sp³-hybridized carbons (Fsp3) is 0.111. The third-order valence-corrected chi connectivity index (χ3v) is 0.586. The van der Waals surface area contributed by atoms with Gasteiger partial charge in [0.15, 0.2) is 0 Å². The van der Waals surface area contributed by atoms with Gasteiger partial charge in [0.25, 0.3) is 0 Å². The third-order valence-electron chi connectivity index (χ3n) is 0.586. The Bertz CT molecular complexity index is 70.6. The molecule has 0 radical (unpaired) electrons. The molecule has 0 atom stereocenters. The molecule has 0 bridgehead atoms. The molecule has 0 aromatic heterocycles. The number of halogens is 2. The monoisotopic (exact) mass is 287 g/mol. The van der Waals surface area contributed by atoms with Crippen molar-refractivity contribution >= 4 is 24.8 Å². The second kappa shape index (κ2) is 40.5. The molecule has 0 N–H and O–H groups in total. The molecular weight excluding hydrogens is 270 g/mol. The molecule has 0 heterocycles. The first-order chi connectivity index (χ1) is 2.50. The first-order valence-corrected chi connectivity index (χ1v) is 1.72. The average molecular weight is 289 g/mol. The second-order valence-electron chi connectivity index (χ2n) is 1.00. The van der Waals surface area contributed by atoms with Crippen LogP contribution >= 0.6 is 24.8 Å². The van der Waals surface area contributed by atoms with Gasteiger partial charge in [-0.25, -0.2) is 12.2 Å². The molecule has 12 heavy (non-hydrogen) atoms. The van der Waals surface area contributed by atoms with Gasteiger partial charge in [-0.1, -0.05) is 0 Å². The SMILES string of the molecule is Cl.Cl.[C-]1=CC=CC1.[CH3-].[CH3-].[CH3-].[CH3-].[Zr]. The minimum absolute atomic E-state index is 0. The summed E-state index contributed by atoms with van der Waals surface area (Å²) in [7, 11) is 0. The van der Waals surface area contributed by atoms with Crippen LogP contribution in [0.15, 0.2) is 18.2 Å². The Morgan fingerprint density at radius 1 is 0.917 bits per heavy atom. The topological polar surface area (TPSA) is 0 Å². The van der Waals surface area contributed by atoms with E-state index in [0.29, 0.717) is 0 Å². The molecule has 3 heteroatoms. The van der Waals surface area contributed by atoms with E-state index in [-0.39, 0.29) is 80.7 Å². The van der Waals surface area contributed by atoms with Crippen molar-refractivity contribution in [3.63, 3.8) is 0 Å². The molecule has 78 valence electrons. The zero-order valence-corrected chi connectivity index (χ0v) is 12.3. The van der Waals surface area contributed by atoms with Crippen LogP contribution in [0.5, 0.6) is 0 Å². The van der Waals surface area contributed by atoms with E-state index in [4.69, 9.17) is 0 Å². The zero-order chi connectivity index (χ0) is 3.54. The van der Waals surface area contributed by atoms with Gasteiger partial charge in [-0.05, 0) is 0 Å². The molecule has 0 spiro atoms. The van der Waals surface area contributed by atoms with Gasteiger partial charge in [-0.15, -0.1) is 31.2 Å². The molecule has 0 aromatic carbocycles. The minimum Gasteiger partial charge on any atom is -0.358 e. The predicted molar refractivity (Wildman–Crippen MR) is 61.7 cm³/mol. The van der Waals surface area contributed by atoms with Gasteiger partial charge in [0.2, 0.25) is 0 Å². The summed E-state index contributed by atoms with van der Waals surface area (Å²) in [6, 6.07) is 0. The zero-order valence-electron chi connectivity index (χ0n) is 8.26. The summed E-state index contributed by atoms with van der Waals surface area (Å²) in [6.45, 7) is 0. The molecule has 0 nitrogen and oxygen atoms in total. The molecule has 0 fully saturated rings. The maximum absolute atomic E-state index is 2.99. The van der Waals surface area contributed by atoms with E-state index < -0.39 is 0 Å². The van der Waals surface area contributed by atoms with Crippen LogP contribution in [-0.4, -0.2) is 0 Å². The Hall–Kier alpha value is 0.943. The van der Waals surface area contributed by atoms with Crippen LogP contribution in [0.3, 0.4) is 0 Å². The van der Waals surface area contributed by atoms with Gasteiger partial charge >= 0.3 is 0 Å². The number of hydrogen-bond acceptors (Lipinski definition) is 0. The molecule has 1 aliphatic carbocycles. The molecule has 1 rings (SSSR count). The third kappa shape index (κ3) is 30.6. The van der Waals surface area contributed by atoms with Gasteiger partial charge < -0.3 is 29.7 Å². The van der Waals surface area contributed by atoms with Crippen molar-refractivity contribution in [2.75, 3.05) is 0 Å². The smallest absolute Gasteiger partial charge is 0 e. The summed E-state index contributed by atoms with van der Waals surface area (Å²) >= 11 is 0. The first kappa shape index (κ1) is 52.3. The summed E-state index contributed by atoms with van der Waals surface area (Å²) in [5.74, 6) is 0. The molecule has 0 saturated heterocycles. The Morgan fingerprint density at radius 2 is 1.33 bits per heavy atom. The van der Waals surface area contributed by atoms with E-state index in [1.54, 1.807) is 0 Å². The Balaban J connectivity index is -0.00000000714. The maximum atomic E-state index is 2.99. The largest absolute Gasteiger partial charge is 0.358 e. The second-order valence-corrected chi connectivity index (χ2v) is 1.00. The molecular formula is C9H19Cl2Zr-5. The van der Waals surface area contributed by atoms with Crippen LogP contribution in [0, 0.1) is 35.8 Å². The Kier molecular flexibility index (Phi) is 176. The summed E-state index contributed by atoms with van der Waals surface area (Å²) in [5.41, 5.74) is 0. The quantitative estimate of drug-likeness (QED) is 0.592. The maximum Gasteiger partial charge on any atom is 0 e. The van der Waals surface area contributed by atoms with Crippen LogP contribution in [0.1, 0.15) is 6.42 Å². The fourth-order valence-electron chi connectivity index (χ4n) is 0.340. The molecule has 0 aromatic rings. The van der Waals surface area contributed by atoms with E-state index in [1.807, 2.05) is 12.2 Å². The first-order valence-electron chi connectivity index (χ1n) is 1.72. The van der Waals surface area contributed by atoms with Crippen LogP contribution in [0.2, 0.25) is 0 Å². The van der Waals surface area contributed by atoms with Gasteiger partial charge in [0.05, 0.1) is 0 Å². The van der Waals surface area contributed by atoms with Crippen LogP contribution < -0.4 is 0 Å². The molecule has 0 amide bonds. The van der Waals surface area contributed by atoms with E-state index in [1.165, 1.54) is 0 Å². The van der Waals surface area contributed by atoms with Crippen molar-refractivity contribution in [3.05, 3.63) is 54.0 Å². The normalized spacial score (nSPS) is 7.33.